The fourth-order valence-corrected chi connectivity index (χ4v) is 1.25. The largest absolute Gasteiger partial charge is 0.481 e. The molecule has 2 N–H and O–H groups in total. The molecule has 0 aliphatic rings. The van der Waals surface area contributed by atoms with Gasteiger partial charge in [0.25, 0.3) is 0 Å². The second-order valence-corrected chi connectivity index (χ2v) is 5.51. The molecule has 0 saturated heterocycles. The molecule has 0 atom stereocenters. The van der Waals surface area contributed by atoms with Gasteiger partial charge in [0.05, 0.1) is 18.1 Å². The molecule has 0 radical (unpaired) electrons. The van der Waals surface area contributed by atoms with Crippen LogP contribution in [0.25, 0.3) is 0 Å². The fourth-order valence-electron chi connectivity index (χ4n) is 1.25. The highest BCUT2D eigenvalue weighted by Gasteiger charge is 2.26. The van der Waals surface area contributed by atoms with Crippen LogP contribution in [-0.2, 0) is 9.53 Å². The van der Waals surface area contributed by atoms with Gasteiger partial charge in [-0.05, 0) is 34.1 Å². The van der Waals surface area contributed by atoms with E-state index >= 15 is 0 Å². The molecule has 112 valence electrons. The number of aliphatic carboxylic acids is 1. The lowest BCUT2D eigenvalue weighted by Gasteiger charge is -2.22. The van der Waals surface area contributed by atoms with Gasteiger partial charge in [0, 0.05) is 20.1 Å². The molecule has 2 amide bonds. The summed E-state index contributed by atoms with van der Waals surface area (Å²) in [6, 6.07) is -0.214. The number of carboxylic acid groups (broad SMARTS) is 1. The zero-order valence-corrected chi connectivity index (χ0v) is 12.5. The Balaban J connectivity index is 3.88. The van der Waals surface area contributed by atoms with E-state index in [1.165, 1.54) is 4.90 Å². The molecule has 0 rings (SSSR count). The Labute approximate surface area is 115 Å². The molecule has 0 aromatic rings. The minimum Gasteiger partial charge on any atom is -0.481 e. The van der Waals surface area contributed by atoms with Gasteiger partial charge in [0.1, 0.15) is 0 Å². The number of carboxylic acids is 1. The van der Waals surface area contributed by atoms with E-state index < -0.39 is 11.4 Å². The first-order valence-electron chi connectivity index (χ1n) is 6.51. The van der Waals surface area contributed by atoms with Crippen LogP contribution in [0.4, 0.5) is 4.79 Å². The number of hydrogen-bond acceptors (Lipinski definition) is 3. The fraction of sp³-hybridized carbons (Fsp3) is 0.846. The number of amides is 2. The van der Waals surface area contributed by atoms with Crippen molar-refractivity contribution >= 4 is 12.0 Å². The summed E-state index contributed by atoms with van der Waals surface area (Å²) < 4.78 is 5.35. The molecule has 0 unspecified atom stereocenters. The summed E-state index contributed by atoms with van der Waals surface area (Å²) in [5.41, 5.74) is -0.827. The molecule has 0 heterocycles. The van der Waals surface area contributed by atoms with Crippen LogP contribution >= 0.6 is 0 Å². The summed E-state index contributed by atoms with van der Waals surface area (Å²) >= 11 is 0. The van der Waals surface area contributed by atoms with Crippen molar-refractivity contribution in [1.82, 2.24) is 10.2 Å². The Kier molecular flexibility index (Phi) is 7.44. The van der Waals surface area contributed by atoms with Crippen molar-refractivity contribution in [3.63, 3.8) is 0 Å². The average Bonchev–Trinajstić information content (AvgIpc) is 2.27. The second kappa shape index (κ2) is 7.99. The Hall–Kier alpha value is -1.30. The van der Waals surface area contributed by atoms with Crippen molar-refractivity contribution < 1.29 is 19.4 Å². The lowest BCUT2D eigenvalue weighted by molar-refractivity contribution is -0.147. The van der Waals surface area contributed by atoms with Crippen LogP contribution in [-0.4, -0.2) is 54.9 Å². The van der Waals surface area contributed by atoms with Crippen LogP contribution in [0.15, 0.2) is 0 Å². The number of likely N-dealkylation sites (N-methyl/N-ethyl adjacent to an activating group) is 1. The lowest BCUT2D eigenvalue weighted by Crippen LogP contribution is -2.41. The van der Waals surface area contributed by atoms with Gasteiger partial charge in [-0.2, -0.15) is 0 Å². The van der Waals surface area contributed by atoms with E-state index in [0.29, 0.717) is 26.1 Å². The molecule has 0 fully saturated rings. The van der Waals surface area contributed by atoms with Crippen LogP contribution in [0.3, 0.4) is 0 Å². The molecular formula is C13H26N2O4. The zero-order chi connectivity index (χ0) is 15.1. The van der Waals surface area contributed by atoms with Gasteiger partial charge in [-0.1, -0.05) is 0 Å². The van der Waals surface area contributed by atoms with Crippen LogP contribution < -0.4 is 5.32 Å². The van der Waals surface area contributed by atoms with Crippen LogP contribution in [0.5, 0.6) is 0 Å². The normalized spacial score (nSPS) is 11.5. The SMILES string of the molecule is CC(C)OCCN(C)C(=O)NCCC(C)(C)C(=O)O. The number of nitrogens with zero attached hydrogens (tertiary/aromatic N) is 1. The second-order valence-electron chi connectivity index (χ2n) is 5.51. The van der Waals surface area contributed by atoms with Gasteiger partial charge in [-0.25, -0.2) is 4.79 Å². The van der Waals surface area contributed by atoms with Crippen molar-refractivity contribution in [1.29, 1.82) is 0 Å². The molecular weight excluding hydrogens is 248 g/mol. The van der Waals surface area contributed by atoms with E-state index in [9.17, 15) is 9.59 Å². The first-order valence-corrected chi connectivity index (χ1v) is 6.51. The lowest BCUT2D eigenvalue weighted by atomic mass is 9.90. The Morgan fingerprint density at radius 1 is 1.37 bits per heavy atom. The van der Waals surface area contributed by atoms with Crippen molar-refractivity contribution in [2.75, 3.05) is 26.7 Å². The molecule has 0 aliphatic heterocycles. The van der Waals surface area contributed by atoms with Crippen molar-refractivity contribution in [3.8, 4) is 0 Å². The predicted molar refractivity (Wildman–Crippen MR) is 73.2 cm³/mol. The van der Waals surface area contributed by atoms with Gasteiger partial charge in [-0.3, -0.25) is 4.79 Å². The molecule has 6 heteroatoms. The Morgan fingerprint density at radius 2 is 1.95 bits per heavy atom. The number of ether oxygens (including phenoxy) is 1. The topological polar surface area (TPSA) is 78.9 Å². The smallest absolute Gasteiger partial charge is 0.317 e. The standard InChI is InChI=1S/C13H26N2O4/c1-10(2)19-9-8-15(5)12(18)14-7-6-13(3,4)11(16)17/h10H,6-9H2,1-5H3,(H,14,18)(H,16,17). The zero-order valence-electron chi connectivity index (χ0n) is 12.5. The molecule has 0 aromatic carbocycles. The van der Waals surface area contributed by atoms with E-state index in [-0.39, 0.29) is 12.1 Å². The van der Waals surface area contributed by atoms with Crippen molar-refractivity contribution in [3.05, 3.63) is 0 Å². The van der Waals surface area contributed by atoms with E-state index in [1.54, 1.807) is 20.9 Å². The molecule has 0 saturated carbocycles. The number of carbonyl (C=O) groups is 2. The van der Waals surface area contributed by atoms with Gasteiger partial charge < -0.3 is 20.1 Å². The number of nitrogens with one attached hydrogen (secondary N) is 1. The minimum absolute atomic E-state index is 0.146. The molecule has 19 heavy (non-hydrogen) atoms. The summed E-state index contributed by atoms with van der Waals surface area (Å²) in [7, 11) is 1.68. The summed E-state index contributed by atoms with van der Waals surface area (Å²) in [4.78, 5) is 24.1. The molecule has 0 bridgehead atoms. The third-order valence-electron chi connectivity index (χ3n) is 2.83. The number of urea groups is 1. The molecule has 6 nitrogen and oxygen atoms in total. The average molecular weight is 274 g/mol. The summed E-state index contributed by atoms with van der Waals surface area (Å²) in [5.74, 6) is -0.861. The molecule has 0 aromatic heterocycles. The highest BCUT2D eigenvalue weighted by atomic mass is 16.5. The van der Waals surface area contributed by atoms with Gasteiger partial charge >= 0.3 is 12.0 Å². The van der Waals surface area contributed by atoms with E-state index in [2.05, 4.69) is 5.32 Å². The van der Waals surface area contributed by atoms with Gasteiger partial charge in [-0.15, -0.1) is 0 Å². The van der Waals surface area contributed by atoms with Crippen LogP contribution in [0.1, 0.15) is 34.1 Å². The maximum atomic E-state index is 11.7. The van der Waals surface area contributed by atoms with E-state index in [4.69, 9.17) is 9.84 Å². The molecule has 0 aliphatic carbocycles. The summed E-state index contributed by atoms with van der Waals surface area (Å²) in [6.07, 6.45) is 0.539. The third kappa shape index (κ3) is 7.66. The quantitative estimate of drug-likeness (QED) is 0.704. The monoisotopic (exact) mass is 274 g/mol. The summed E-state index contributed by atoms with van der Waals surface area (Å²) in [6.45, 7) is 8.49. The van der Waals surface area contributed by atoms with Crippen LogP contribution in [0.2, 0.25) is 0 Å². The molecule has 0 spiro atoms. The van der Waals surface area contributed by atoms with E-state index in [0.717, 1.165) is 0 Å². The van der Waals surface area contributed by atoms with Gasteiger partial charge in [0.15, 0.2) is 0 Å². The highest BCUT2D eigenvalue weighted by Crippen LogP contribution is 2.19. The van der Waals surface area contributed by atoms with Crippen molar-refractivity contribution in [2.45, 2.75) is 40.2 Å². The number of carbonyl (C=O) groups excluding carboxylic acids is 1. The first kappa shape index (κ1) is 17.7. The number of hydrogen-bond donors (Lipinski definition) is 2. The maximum Gasteiger partial charge on any atom is 0.317 e. The maximum absolute atomic E-state index is 11.7. The van der Waals surface area contributed by atoms with Gasteiger partial charge in [0.2, 0.25) is 0 Å². The predicted octanol–water partition coefficient (Wildman–Crippen LogP) is 1.55. The van der Waals surface area contributed by atoms with Crippen LogP contribution in [0, 0.1) is 5.41 Å². The Bertz CT molecular complexity index is 303. The number of rotatable bonds is 8. The Morgan fingerprint density at radius 3 is 2.42 bits per heavy atom. The first-order chi connectivity index (χ1) is 8.66. The van der Waals surface area contributed by atoms with Crippen molar-refractivity contribution in [2.24, 2.45) is 5.41 Å². The third-order valence-corrected chi connectivity index (χ3v) is 2.83. The van der Waals surface area contributed by atoms with E-state index in [1.807, 2.05) is 13.8 Å². The highest BCUT2D eigenvalue weighted by molar-refractivity contribution is 5.75. The summed E-state index contributed by atoms with van der Waals surface area (Å²) in [5, 5.41) is 11.6. The minimum atomic E-state index is -0.861.